The molecule has 1 aromatic carbocycles. The molecule has 5 heteroatoms. The average Bonchev–Trinajstić information content (AvgIpc) is 2.46. The van der Waals surface area contributed by atoms with Crippen molar-refractivity contribution < 1.29 is 4.79 Å². The summed E-state index contributed by atoms with van der Waals surface area (Å²) in [4.78, 5) is 14.0. The molecule has 0 bridgehead atoms. The lowest BCUT2D eigenvalue weighted by Crippen LogP contribution is -2.44. The summed E-state index contributed by atoms with van der Waals surface area (Å²) in [5, 5.41) is 20.4. The first-order valence-corrected chi connectivity index (χ1v) is 6.40. The van der Waals surface area contributed by atoms with E-state index in [4.69, 9.17) is 10.5 Å². The molecular weight excluding hydrogens is 252 g/mol. The minimum absolute atomic E-state index is 0.00744. The maximum absolute atomic E-state index is 12.2. The van der Waals surface area contributed by atoms with Crippen molar-refractivity contribution >= 4 is 11.6 Å². The number of rotatable bonds is 5. The Morgan fingerprint density at radius 2 is 2.00 bits per heavy atom. The van der Waals surface area contributed by atoms with E-state index >= 15 is 0 Å². The molecule has 0 heterocycles. The minimum Gasteiger partial charge on any atom is -0.324 e. The number of hydrogen-bond acceptors (Lipinski definition) is 4. The zero-order valence-corrected chi connectivity index (χ0v) is 11.9. The van der Waals surface area contributed by atoms with Crippen LogP contribution < -0.4 is 5.32 Å². The van der Waals surface area contributed by atoms with Crippen LogP contribution in [0.15, 0.2) is 24.3 Å². The van der Waals surface area contributed by atoms with Gasteiger partial charge in [-0.25, -0.2) is 0 Å². The second-order valence-electron chi connectivity index (χ2n) is 4.70. The molecule has 2 unspecified atom stereocenters. The van der Waals surface area contributed by atoms with E-state index in [0.29, 0.717) is 17.7 Å². The lowest BCUT2D eigenvalue weighted by molar-refractivity contribution is -0.120. The monoisotopic (exact) mass is 270 g/mol. The molecule has 1 N–H and O–H groups in total. The van der Waals surface area contributed by atoms with Gasteiger partial charge in [-0.05, 0) is 33.0 Å². The molecule has 5 nitrogen and oxygen atoms in total. The van der Waals surface area contributed by atoms with Crippen molar-refractivity contribution in [3.63, 3.8) is 0 Å². The van der Waals surface area contributed by atoms with Gasteiger partial charge in [-0.3, -0.25) is 9.69 Å². The molecule has 0 saturated carbocycles. The lowest BCUT2D eigenvalue weighted by atomic mass is 10.1. The van der Waals surface area contributed by atoms with E-state index < -0.39 is 0 Å². The normalized spacial score (nSPS) is 13.1. The number of amides is 1. The molecule has 20 heavy (non-hydrogen) atoms. The highest BCUT2D eigenvalue weighted by Gasteiger charge is 2.22. The molecule has 0 aliphatic heterocycles. The Morgan fingerprint density at radius 3 is 2.60 bits per heavy atom. The number of carbonyl (C=O) groups excluding carboxylic acids is 1. The van der Waals surface area contributed by atoms with Crippen LogP contribution >= 0.6 is 0 Å². The SMILES string of the molecule is CC(CC#N)N(C)C(C)C(=O)Nc1ccccc1C#N. The first kappa shape index (κ1) is 15.7. The summed E-state index contributed by atoms with van der Waals surface area (Å²) >= 11 is 0. The first-order chi connectivity index (χ1) is 9.51. The zero-order chi connectivity index (χ0) is 15.1. The Labute approximate surface area is 119 Å². The van der Waals surface area contributed by atoms with Crippen LogP contribution in [-0.2, 0) is 4.79 Å². The summed E-state index contributed by atoms with van der Waals surface area (Å²) in [6.07, 6.45) is 0.364. The van der Waals surface area contributed by atoms with Gasteiger partial charge in [0.1, 0.15) is 6.07 Å². The second kappa shape index (κ2) is 7.28. The van der Waals surface area contributed by atoms with Crippen LogP contribution in [0.2, 0.25) is 0 Å². The topological polar surface area (TPSA) is 79.9 Å². The maximum atomic E-state index is 12.2. The fourth-order valence-corrected chi connectivity index (χ4v) is 1.77. The summed E-state index contributed by atoms with van der Waals surface area (Å²) in [7, 11) is 1.81. The Morgan fingerprint density at radius 1 is 1.35 bits per heavy atom. The molecule has 0 fully saturated rings. The highest BCUT2D eigenvalue weighted by Crippen LogP contribution is 2.15. The van der Waals surface area contributed by atoms with Gasteiger partial charge in [0.25, 0.3) is 0 Å². The smallest absolute Gasteiger partial charge is 0.241 e. The molecule has 0 radical (unpaired) electrons. The molecule has 1 aromatic rings. The second-order valence-corrected chi connectivity index (χ2v) is 4.70. The number of anilines is 1. The standard InChI is InChI=1S/C15H18N4O/c1-11(8-9-16)19(3)12(2)15(20)18-14-7-5-4-6-13(14)10-17/h4-7,11-12H,8H2,1-3H3,(H,18,20). The predicted octanol–water partition coefficient (Wildman–Crippen LogP) is 2.12. The van der Waals surface area contributed by atoms with Gasteiger partial charge in [-0.15, -0.1) is 0 Å². The highest BCUT2D eigenvalue weighted by molar-refractivity contribution is 5.95. The van der Waals surface area contributed by atoms with Gasteiger partial charge >= 0.3 is 0 Å². The third-order valence-corrected chi connectivity index (χ3v) is 3.38. The van der Waals surface area contributed by atoms with Crippen LogP contribution in [0.3, 0.4) is 0 Å². The highest BCUT2D eigenvalue weighted by atomic mass is 16.2. The molecule has 0 spiro atoms. The summed E-state index contributed by atoms with van der Waals surface area (Å²) in [6.45, 7) is 3.68. The third kappa shape index (κ3) is 3.81. The van der Waals surface area contributed by atoms with Gasteiger partial charge in [0, 0.05) is 6.04 Å². The Kier molecular flexibility index (Phi) is 5.71. The molecular formula is C15H18N4O. The number of benzene rings is 1. The molecule has 0 aliphatic carbocycles. The van der Waals surface area contributed by atoms with E-state index in [1.807, 2.05) is 24.9 Å². The zero-order valence-electron chi connectivity index (χ0n) is 11.9. The number of nitrogens with one attached hydrogen (secondary N) is 1. The fraction of sp³-hybridized carbons (Fsp3) is 0.400. The van der Waals surface area contributed by atoms with Gasteiger partial charge in [0.15, 0.2) is 0 Å². The van der Waals surface area contributed by atoms with Crippen LogP contribution in [0.1, 0.15) is 25.8 Å². The molecule has 0 saturated heterocycles. The van der Waals surface area contributed by atoms with Crippen molar-refractivity contribution in [2.75, 3.05) is 12.4 Å². The number of para-hydroxylation sites is 1. The van der Waals surface area contributed by atoms with Crippen molar-refractivity contribution in [1.29, 1.82) is 10.5 Å². The Bertz CT molecular complexity index is 556. The van der Waals surface area contributed by atoms with Crippen LogP contribution in [0.5, 0.6) is 0 Å². The lowest BCUT2D eigenvalue weighted by Gasteiger charge is -2.28. The van der Waals surface area contributed by atoms with Gasteiger partial charge < -0.3 is 5.32 Å². The molecule has 0 aromatic heterocycles. The molecule has 2 atom stereocenters. The van der Waals surface area contributed by atoms with Crippen LogP contribution in [0.4, 0.5) is 5.69 Å². The van der Waals surface area contributed by atoms with Crippen molar-refractivity contribution in [1.82, 2.24) is 4.90 Å². The Balaban J connectivity index is 2.76. The Hall–Kier alpha value is -2.37. The summed E-state index contributed by atoms with van der Waals surface area (Å²) in [5.41, 5.74) is 0.939. The quantitative estimate of drug-likeness (QED) is 0.888. The van der Waals surface area contributed by atoms with E-state index in [1.165, 1.54) is 0 Å². The largest absolute Gasteiger partial charge is 0.324 e. The minimum atomic E-state index is -0.384. The van der Waals surface area contributed by atoms with Crippen LogP contribution in [-0.4, -0.2) is 29.9 Å². The molecule has 104 valence electrons. The summed E-state index contributed by atoms with van der Waals surface area (Å²) in [5.74, 6) is -0.194. The number of likely N-dealkylation sites (N-methyl/N-ethyl adjacent to an activating group) is 1. The van der Waals surface area contributed by atoms with Gasteiger partial charge in [-0.2, -0.15) is 10.5 Å². The predicted molar refractivity (Wildman–Crippen MR) is 76.7 cm³/mol. The van der Waals surface area contributed by atoms with E-state index in [-0.39, 0.29) is 18.0 Å². The van der Waals surface area contributed by atoms with E-state index in [2.05, 4.69) is 11.4 Å². The number of nitrogens with zero attached hydrogens (tertiary/aromatic N) is 3. The van der Waals surface area contributed by atoms with Gasteiger partial charge in [0.2, 0.25) is 5.91 Å². The number of carbonyl (C=O) groups is 1. The average molecular weight is 270 g/mol. The van der Waals surface area contributed by atoms with Crippen LogP contribution in [0, 0.1) is 22.7 Å². The van der Waals surface area contributed by atoms with Gasteiger partial charge in [0.05, 0.1) is 29.8 Å². The van der Waals surface area contributed by atoms with E-state index in [1.54, 1.807) is 31.2 Å². The van der Waals surface area contributed by atoms with Crippen LogP contribution in [0.25, 0.3) is 0 Å². The van der Waals surface area contributed by atoms with Crippen molar-refractivity contribution in [2.45, 2.75) is 32.4 Å². The first-order valence-electron chi connectivity index (χ1n) is 6.40. The molecule has 1 amide bonds. The summed E-state index contributed by atoms with van der Waals surface area (Å²) in [6, 6.07) is 10.6. The maximum Gasteiger partial charge on any atom is 0.241 e. The van der Waals surface area contributed by atoms with E-state index in [0.717, 1.165) is 0 Å². The van der Waals surface area contributed by atoms with Crippen molar-refractivity contribution in [2.24, 2.45) is 0 Å². The van der Waals surface area contributed by atoms with E-state index in [9.17, 15) is 4.79 Å². The summed E-state index contributed by atoms with van der Waals surface area (Å²) < 4.78 is 0. The molecule has 0 aliphatic rings. The number of nitriles is 2. The van der Waals surface area contributed by atoms with Crippen molar-refractivity contribution in [3.8, 4) is 12.1 Å². The third-order valence-electron chi connectivity index (χ3n) is 3.38. The van der Waals surface area contributed by atoms with Crippen molar-refractivity contribution in [3.05, 3.63) is 29.8 Å². The fourth-order valence-electron chi connectivity index (χ4n) is 1.77. The number of hydrogen-bond donors (Lipinski definition) is 1. The molecule has 1 rings (SSSR count). The van der Waals surface area contributed by atoms with Gasteiger partial charge in [-0.1, -0.05) is 12.1 Å².